The van der Waals surface area contributed by atoms with Crippen LogP contribution in [0.5, 0.6) is 0 Å². The van der Waals surface area contributed by atoms with Gasteiger partial charge in [-0.15, -0.1) is 0 Å². The fourth-order valence-corrected chi connectivity index (χ4v) is 4.06. The number of fused-ring (bicyclic) bond motifs is 1. The van der Waals surface area contributed by atoms with Gasteiger partial charge in [-0.3, -0.25) is 4.79 Å². The van der Waals surface area contributed by atoms with Crippen molar-refractivity contribution in [2.45, 2.75) is 31.7 Å². The molecule has 0 spiro atoms. The van der Waals surface area contributed by atoms with E-state index in [1.807, 2.05) is 6.07 Å². The standard InChI is InChI=1S/C21H23Cl2N7O/c1-30(2)20(31)12-3-5-13(6-4-12)28-21-24-10-17-18(29-21)19(26-11-25-17)27-14-7-8-15(22)16(23)9-14/h7-13H,3-6H2,1-2H3,(H,24,28,29)(H,25,26,27). The van der Waals surface area contributed by atoms with E-state index in [-0.39, 0.29) is 17.9 Å². The average molecular weight is 460 g/mol. The zero-order chi connectivity index (χ0) is 22.0. The molecule has 2 heterocycles. The third-order valence-corrected chi connectivity index (χ3v) is 6.15. The number of carbonyl (C=O) groups is 1. The fraction of sp³-hybridized carbons (Fsp3) is 0.381. The van der Waals surface area contributed by atoms with Crippen molar-refractivity contribution in [1.29, 1.82) is 0 Å². The minimum absolute atomic E-state index is 0.0981. The summed E-state index contributed by atoms with van der Waals surface area (Å²) < 4.78 is 0. The monoisotopic (exact) mass is 459 g/mol. The van der Waals surface area contributed by atoms with Gasteiger partial charge < -0.3 is 15.5 Å². The summed E-state index contributed by atoms with van der Waals surface area (Å²) >= 11 is 12.1. The quantitative estimate of drug-likeness (QED) is 0.578. The van der Waals surface area contributed by atoms with Crippen molar-refractivity contribution in [1.82, 2.24) is 24.8 Å². The Morgan fingerprint density at radius 1 is 1.06 bits per heavy atom. The van der Waals surface area contributed by atoms with Gasteiger partial charge in [0.2, 0.25) is 11.9 Å². The first-order valence-electron chi connectivity index (χ1n) is 10.1. The van der Waals surface area contributed by atoms with Crippen LogP contribution >= 0.6 is 23.2 Å². The summed E-state index contributed by atoms with van der Waals surface area (Å²) in [4.78, 5) is 31.5. The molecule has 1 aliphatic rings. The van der Waals surface area contributed by atoms with Crippen LogP contribution in [0.1, 0.15) is 25.7 Å². The predicted octanol–water partition coefficient (Wildman–Crippen LogP) is 4.53. The largest absolute Gasteiger partial charge is 0.351 e. The first-order chi connectivity index (χ1) is 14.9. The Morgan fingerprint density at radius 2 is 1.84 bits per heavy atom. The van der Waals surface area contributed by atoms with E-state index >= 15 is 0 Å². The van der Waals surface area contributed by atoms with Crippen LogP contribution in [0, 0.1) is 5.92 Å². The molecule has 10 heteroatoms. The number of amides is 1. The topological polar surface area (TPSA) is 95.9 Å². The Hall–Kier alpha value is -2.71. The maximum atomic E-state index is 12.2. The zero-order valence-corrected chi connectivity index (χ0v) is 18.8. The third-order valence-electron chi connectivity index (χ3n) is 5.41. The Morgan fingerprint density at radius 3 is 2.55 bits per heavy atom. The molecule has 0 aliphatic heterocycles. The maximum absolute atomic E-state index is 12.2. The van der Waals surface area contributed by atoms with Crippen molar-refractivity contribution in [3.8, 4) is 0 Å². The Kier molecular flexibility index (Phi) is 6.38. The van der Waals surface area contributed by atoms with E-state index in [1.165, 1.54) is 6.33 Å². The summed E-state index contributed by atoms with van der Waals surface area (Å²) in [5.41, 5.74) is 1.97. The number of aromatic nitrogens is 4. The number of carbonyl (C=O) groups excluding carboxylic acids is 1. The van der Waals surface area contributed by atoms with Gasteiger partial charge >= 0.3 is 0 Å². The first-order valence-corrected chi connectivity index (χ1v) is 10.8. The molecule has 4 rings (SSSR count). The lowest BCUT2D eigenvalue weighted by molar-refractivity contribution is -0.133. The molecule has 1 aliphatic carbocycles. The highest BCUT2D eigenvalue weighted by Gasteiger charge is 2.27. The van der Waals surface area contributed by atoms with Crippen molar-refractivity contribution in [2.75, 3.05) is 24.7 Å². The van der Waals surface area contributed by atoms with Crippen molar-refractivity contribution in [3.63, 3.8) is 0 Å². The van der Waals surface area contributed by atoms with Crippen molar-refractivity contribution in [2.24, 2.45) is 5.92 Å². The van der Waals surface area contributed by atoms with E-state index in [0.29, 0.717) is 32.8 Å². The maximum Gasteiger partial charge on any atom is 0.225 e. The molecule has 0 bridgehead atoms. The molecule has 31 heavy (non-hydrogen) atoms. The molecule has 1 saturated carbocycles. The molecule has 0 atom stereocenters. The highest BCUT2D eigenvalue weighted by atomic mass is 35.5. The van der Waals surface area contributed by atoms with Crippen LogP contribution < -0.4 is 10.6 Å². The fourth-order valence-electron chi connectivity index (χ4n) is 3.76. The molecular formula is C21H23Cl2N7O. The lowest BCUT2D eigenvalue weighted by Gasteiger charge is -2.29. The summed E-state index contributed by atoms with van der Waals surface area (Å²) in [6, 6.07) is 5.48. The van der Waals surface area contributed by atoms with Gasteiger partial charge in [0.05, 0.1) is 16.2 Å². The number of benzene rings is 1. The first kappa shape index (κ1) is 21.5. The van der Waals surface area contributed by atoms with Crippen LogP contribution in [0.2, 0.25) is 10.0 Å². The Bertz CT molecular complexity index is 1100. The van der Waals surface area contributed by atoms with Crippen LogP contribution in [0.15, 0.2) is 30.7 Å². The van der Waals surface area contributed by atoms with Gasteiger partial charge in [-0.05, 0) is 43.9 Å². The van der Waals surface area contributed by atoms with Gasteiger partial charge in [0.25, 0.3) is 0 Å². The van der Waals surface area contributed by atoms with Crippen molar-refractivity contribution >= 4 is 57.6 Å². The van der Waals surface area contributed by atoms with Gasteiger partial charge in [-0.2, -0.15) is 0 Å². The summed E-state index contributed by atoms with van der Waals surface area (Å²) in [6.07, 6.45) is 6.64. The second-order valence-electron chi connectivity index (χ2n) is 7.83. The van der Waals surface area contributed by atoms with Gasteiger partial charge in [0, 0.05) is 31.7 Å². The van der Waals surface area contributed by atoms with Gasteiger partial charge in [-0.1, -0.05) is 23.2 Å². The molecule has 2 N–H and O–H groups in total. The zero-order valence-electron chi connectivity index (χ0n) is 17.3. The van der Waals surface area contributed by atoms with Crippen LogP contribution in [0.25, 0.3) is 11.0 Å². The Labute approximate surface area is 190 Å². The van der Waals surface area contributed by atoms with E-state index in [4.69, 9.17) is 23.2 Å². The van der Waals surface area contributed by atoms with Gasteiger partial charge in [0.15, 0.2) is 5.82 Å². The summed E-state index contributed by atoms with van der Waals surface area (Å²) in [5.74, 6) is 1.37. The highest BCUT2D eigenvalue weighted by molar-refractivity contribution is 6.42. The minimum atomic E-state index is 0.0981. The van der Waals surface area contributed by atoms with E-state index in [0.717, 1.165) is 31.4 Å². The Balaban J connectivity index is 1.49. The lowest BCUT2D eigenvalue weighted by Crippen LogP contribution is -2.35. The average Bonchev–Trinajstić information content (AvgIpc) is 2.76. The molecule has 1 aromatic carbocycles. The number of nitrogens with zero attached hydrogens (tertiary/aromatic N) is 5. The van der Waals surface area contributed by atoms with Crippen molar-refractivity contribution in [3.05, 3.63) is 40.8 Å². The molecule has 3 aromatic rings. The normalized spacial score (nSPS) is 18.6. The molecule has 162 valence electrons. The number of hydrogen-bond acceptors (Lipinski definition) is 7. The molecule has 0 unspecified atom stereocenters. The minimum Gasteiger partial charge on any atom is -0.351 e. The second-order valence-corrected chi connectivity index (χ2v) is 8.64. The highest BCUT2D eigenvalue weighted by Crippen LogP contribution is 2.29. The molecule has 0 saturated heterocycles. The summed E-state index contributed by atoms with van der Waals surface area (Å²) in [7, 11) is 3.61. The number of anilines is 3. The SMILES string of the molecule is CN(C)C(=O)C1CCC(Nc2ncc3ncnc(Nc4ccc(Cl)c(Cl)c4)c3n2)CC1. The van der Waals surface area contributed by atoms with E-state index in [2.05, 4.69) is 30.6 Å². The van der Waals surface area contributed by atoms with Crippen LogP contribution in [-0.4, -0.2) is 50.9 Å². The molecule has 1 fully saturated rings. The van der Waals surface area contributed by atoms with Crippen LogP contribution in [0.4, 0.5) is 17.5 Å². The number of nitrogens with one attached hydrogen (secondary N) is 2. The molecule has 8 nitrogen and oxygen atoms in total. The molecule has 0 radical (unpaired) electrons. The van der Waals surface area contributed by atoms with Crippen LogP contribution in [-0.2, 0) is 4.79 Å². The lowest BCUT2D eigenvalue weighted by atomic mass is 9.85. The van der Waals surface area contributed by atoms with E-state index in [9.17, 15) is 4.79 Å². The predicted molar refractivity (Wildman–Crippen MR) is 123 cm³/mol. The van der Waals surface area contributed by atoms with Gasteiger partial charge in [-0.25, -0.2) is 19.9 Å². The smallest absolute Gasteiger partial charge is 0.225 e. The van der Waals surface area contributed by atoms with Crippen LogP contribution in [0.3, 0.4) is 0 Å². The van der Waals surface area contributed by atoms with Crippen molar-refractivity contribution < 1.29 is 4.79 Å². The number of halogens is 2. The summed E-state index contributed by atoms with van der Waals surface area (Å²) in [6.45, 7) is 0. The molecule has 1 amide bonds. The molecular weight excluding hydrogens is 437 g/mol. The third kappa shape index (κ3) is 4.97. The molecule has 2 aromatic heterocycles. The second kappa shape index (κ2) is 9.20. The number of hydrogen-bond donors (Lipinski definition) is 2. The summed E-state index contributed by atoms with van der Waals surface area (Å²) in [5, 5.41) is 7.55. The number of rotatable bonds is 5. The van der Waals surface area contributed by atoms with E-state index in [1.54, 1.807) is 37.3 Å². The van der Waals surface area contributed by atoms with Gasteiger partial charge in [0.1, 0.15) is 17.4 Å². The van der Waals surface area contributed by atoms with E-state index < -0.39 is 0 Å².